The van der Waals surface area contributed by atoms with Crippen molar-refractivity contribution in [1.29, 1.82) is 0 Å². The number of aromatic nitrogens is 1. The average Bonchev–Trinajstić information content (AvgIpc) is 2.73. The molecule has 1 fully saturated rings. The molecule has 2 heterocycles. The summed E-state index contributed by atoms with van der Waals surface area (Å²) < 4.78 is 34.6. The number of piperazine rings is 1. The maximum Gasteiger partial charge on any atom is 0.339 e. The van der Waals surface area contributed by atoms with Crippen LogP contribution in [0.2, 0.25) is 5.02 Å². The SMILES string of the molecule is COC(=O)c1ccc(CN(c2cccc(Cl)c2)S(=O)(=O)N2CCN(C)[C@@H](C)C2)nc1. The molecule has 0 N–H and O–H groups in total. The molecule has 0 amide bonds. The number of likely N-dealkylation sites (N-methyl/N-ethyl adjacent to an activating group) is 1. The topological polar surface area (TPSA) is 83.0 Å². The first-order chi connectivity index (χ1) is 14.2. The van der Waals surface area contributed by atoms with Crippen LogP contribution >= 0.6 is 11.6 Å². The summed E-state index contributed by atoms with van der Waals surface area (Å²) in [5.41, 5.74) is 1.24. The van der Waals surface area contributed by atoms with Gasteiger partial charge in [0, 0.05) is 36.9 Å². The highest BCUT2D eigenvalue weighted by atomic mass is 35.5. The smallest absolute Gasteiger partial charge is 0.339 e. The minimum absolute atomic E-state index is 0.00481. The van der Waals surface area contributed by atoms with Crippen molar-refractivity contribution < 1.29 is 17.9 Å². The number of pyridine rings is 1. The van der Waals surface area contributed by atoms with E-state index in [-0.39, 0.29) is 12.6 Å². The number of anilines is 1. The van der Waals surface area contributed by atoms with Gasteiger partial charge < -0.3 is 9.64 Å². The number of halogens is 1. The third-order valence-corrected chi connectivity index (χ3v) is 7.29. The highest BCUT2D eigenvalue weighted by Gasteiger charge is 2.34. The lowest BCUT2D eigenvalue weighted by Gasteiger charge is -2.39. The van der Waals surface area contributed by atoms with Crippen molar-refractivity contribution in [2.75, 3.05) is 38.1 Å². The van der Waals surface area contributed by atoms with Crippen LogP contribution in [0.15, 0.2) is 42.6 Å². The zero-order chi connectivity index (χ0) is 21.9. The van der Waals surface area contributed by atoms with Crippen molar-refractivity contribution in [1.82, 2.24) is 14.2 Å². The van der Waals surface area contributed by atoms with Crippen LogP contribution < -0.4 is 4.31 Å². The van der Waals surface area contributed by atoms with E-state index in [4.69, 9.17) is 11.6 Å². The van der Waals surface area contributed by atoms with Crippen LogP contribution in [0.25, 0.3) is 0 Å². The monoisotopic (exact) mass is 452 g/mol. The van der Waals surface area contributed by atoms with Crippen molar-refractivity contribution in [3.8, 4) is 0 Å². The highest BCUT2D eigenvalue weighted by Crippen LogP contribution is 2.27. The van der Waals surface area contributed by atoms with Gasteiger partial charge in [0.15, 0.2) is 0 Å². The summed E-state index contributed by atoms with van der Waals surface area (Å²) in [5, 5.41) is 0.438. The number of rotatable bonds is 6. The molecule has 1 saturated heterocycles. The molecule has 1 aliphatic heterocycles. The van der Waals surface area contributed by atoms with E-state index in [0.717, 1.165) is 0 Å². The second-order valence-electron chi connectivity index (χ2n) is 7.21. The van der Waals surface area contributed by atoms with E-state index in [0.29, 0.717) is 41.6 Å². The first kappa shape index (κ1) is 22.5. The van der Waals surface area contributed by atoms with E-state index < -0.39 is 16.2 Å². The number of hydrogen-bond acceptors (Lipinski definition) is 6. The standard InChI is InChI=1S/C20H25ClN4O4S/c1-15-13-24(10-9-23(15)2)30(27,28)25(19-6-4-5-17(21)11-19)14-18-8-7-16(12-22-18)20(26)29-3/h4-8,11-12,15H,9-10,13-14H2,1-3H3/t15-/m0/s1. The van der Waals surface area contributed by atoms with Gasteiger partial charge in [0.2, 0.25) is 0 Å². The molecule has 1 aliphatic rings. The third-order valence-electron chi connectivity index (χ3n) is 5.17. The minimum Gasteiger partial charge on any atom is -0.465 e. The molecule has 30 heavy (non-hydrogen) atoms. The molecule has 0 spiro atoms. The van der Waals surface area contributed by atoms with Gasteiger partial charge in [-0.2, -0.15) is 12.7 Å². The summed E-state index contributed by atoms with van der Waals surface area (Å²) in [6, 6.07) is 10.00. The Morgan fingerprint density at radius 2 is 2.07 bits per heavy atom. The predicted octanol–water partition coefficient (Wildman–Crippen LogP) is 2.41. The fraction of sp³-hybridized carbons (Fsp3) is 0.400. The van der Waals surface area contributed by atoms with E-state index in [1.807, 2.05) is 14.0 Å². The van der Waals surface area contributed by atoms with Crippen LogP contribution in [0.5, 0.6) is 0 Å². The van der Waals surface area contributed by atoms with E-state index in [2.05, 4.69) is 14.6 Å². The van der Waals surface area contributed by atoms with Crippen molar-refractivity contribution >= 4 is 33.5 Å². The van der Waals surface area contributed by atoms with Gasteiger partial charge in [-0.05, 0) is 44.3 Å². The Labute approximate surface area is 182 Å². The number of nitrogens with zero attached hydrogens (tertiary/aromatic N) is 4. The van der Waals surface area contributed by atoms with Gasteiger partial charge in [0.05, 0.1) is 30.6 Å². The molecule has 162 valence electrons. The normalized spacial score (nSPS) is 18.2. The molecule has 1 aromatic carbocycles. The van der Waals surface area contributed by atoms with Crippen molar-refractivity contribution in [3.05, 3.63) is 58.9 Å². The van der Waals surface area contributed by atoms with Gasteiger partial charge in [0.1, 0.15) is 0 Å². The van der Waals surface area contributed by atoms with Gasteiger partial charge >= 0.3 is 16.2 Å². The fourth-order valence-corrected chi connectivity index (χ4v) is 5.06. The van der Waals surface area contributed by atoms with Crippen molar-refractivity contribution in [2.45, 2.75) is 19.5 Å². The van der Waals surface area contributed by atoms with Crippen LogP contribution in [-0.2, 0) is 21.5 Å². The van der Waals surface area contributed by atoms with Crippen LogP contribution in [0.4, 0.5) is 5.69 Å². The molecule has 0 bridgehead atoms. The summed E-state index contributed by atoms with van der Waals surface area (Å²) >= 11 is 6.13. The quantitative estimate of drug-likeness (QED) is 0.626. The Morgan fingerprint density at radius 1 is 1.30 bits per heavy atom. The van der Waals surface area contributed by atoms with Crippen LogP contribution in [0.1, 0.15) is 23.0 Å². The van der Waals surface area contributed by atoms with Gasteiger partial charge in [-0.15, -0.1) is 0 Å². The molecule has 1 atom stereocenters. The molecule has 0 unspecified atom stereocenters. The van der Waals surface area contributed by atoms with Gasteiger partial charge in [0.25, 0.3) is 0 Å². The molecule has 0 saturated carbocycles. The summed E-state index contributed by atoms with van der Waals surface area (Å²) in [7, 11) is -0.555. The molecule has 8 nitrogen and oxygen atoms in total. The third kappa shape index (κ3) is 4.92. The molecule has 0 radical (unpaired) electrons. The Bertz CT molecular complexity index is 1000. The molecular formula is C20H25ClN4O4S. The number of hydrogen-bond donors (Lipinski definition) is 0. The average molecular weight is 453 g/mol. The summed E-state index contributed by atoms with van der Waals surface area (Å²) in [6.07, 6.45) is 1.38. The Kier molecular flexibility index (Phi) is 6.97. The lowest BCUT2D eigenvalue weighted by Crippen LogP contribution is -2.55. The summed E-state index contributed by atoms with van der Waals surface area (Å²) in [4.78, 5) is 18.0. The van der Waals surface area contributed by atoms with E-state index in [9.17, 15) is 13.2 Å². The highest BCUT2D eigenvalue weighted by molar-refractivity contribution is 7.90. The lowest BCUT2D eigenvalue weighted by molar-refractivity contribution is 0.0600. The van der Waals surface area contributed by atoms with Crippen molar-refractivity contribution in [2.24, 2.45) is 0 Å². The Balaban J connectivity index is 1.94. The van der Waals surface area contributed by atoms with E-state index in [1.165, 1.54) is 21.9 Å². The van der Waals surface area contributed by atoms with E-state index >= 15 is 0 Å². The zero-order valence-electron chi connectivity index (χ0n) is 17.2. The second-order valence-corrected chi connectivity index (χ2v) is 9.50. The lowest BCUT2D eigenvalue weighted by atomic mass is 10.2. The summed E-state index contributed by atoms with van der Waals surface area (Å²) in [5.74, 6) is -0.500. The number of carbonyl (C=O) groups is 1. The first-order valence-corrected chi connectivity index (χ1v) is 11.3. The molecule has 3 rings (SSSR count). The van der Waals surface area contributed by atoms with Gasteiger partial charge in [-0.1, -0.05) is 17.7 Å². The van der Waals surface area contributed by atoms with Crippen LogP contribution in [0.3, 0.4) is 0 Å². The minimum atomic E-state index is -3.83. The van der Waals surface area contributed by atoms with Gasteiger partial charge in [-0.25, -0.2) is 4.79 Å². The Morgan fingerprint density at radius 3 is 2.67 bits per heavy atom. The molecule has 2 aromatic rings. The number of esters is 1. The zero-order valence-corrected chi connectivity index (χ0v) is 18.7. The maximum atomic E-state index is 13.6. The first-order valence-electron chi connectivity index (χ1n) is 9.49. The van der Waals surface area contributed by atoms with E-state index in [1.54, 1.807) is 36.4 Å². The Hall–Kier alpha value is -2.20. The van der Waals surface area contributed by atoms with Crippen LogP contribution in [0, 0.1) is 0 Å². The second kappa shape index (κ2) is 9.30. The fourth-order valence-electron chi connectivity index (χ4n) is 3.21. The number of ether oxygens (including phenoxy) is 1. The van der Waals surface area contributed by atoms with Gasteiger partial charge in [-0.3, -0.25) is 9.29 Å². The maximum absolute atomic E-state index is 13.6. The molecule has 0 aliphatic carbocycles. The number of carbonyl (C=O) groups excluding carboxylic acids is 1. The predicted molar refractivity (Wildman–Crippen MR) is 116 cm³/mol. The largest absolute Gasteiger partial charge is 0.465 e. The number of methoxy groups -OCH3 is 1. The van der Waals surface area contributed by atoms with Crippen molar-refractivity contribution in [3.63, 3.8) is 0 Å². The number of benzene rings is 1. The molecular weight excluding hydrogens is 428 g/mol. The molecule has 1 aromatic heterocycles. The summed E-state index contributed by atoms with van der Waals surface area (Å²) in [6.45, 7) is 3.44. The molecule has 10 heteroatoms. The van der Waals surface area contributed by atoms with Crippen LogP contribution in [-0.4, -0.2) is 68.4 Å².